The van der Waals surface area contributed by atoms with Crippen molar-refractivity contribution in [2.45, 2.75) is 6.92 Å². The molecule has 0 bridgehead atoms. The predicted molar refractivity (Wildman–Crippen MR) is 57.5 cm³/mol. The smallest absolute Gasteiger partial charge is 0.252 e. The molecule has 1 aromatic carbocycles. The number of aromatic amines is 1. The van der Waals surface area contributed by atoms with E-state index in [-0.39, 0.29) is 11.3 Å². The molecule has 0 aliphatic rings. The summed E-state index contributed by atoms with van der Waals surface area (Å²) in [6.07, 6.45) is 0. The Bertz CT molecular complexity index is 572. The van der Waals surface area contributed by atoms with Crippen LogP contribution < -0.4 is 10.3 Å². The first-order chi connectivity index (χ1) is 7.13. The van der Waals surface area contributed by atoms with Gasteiger partial charge in [0.05, 0.1) is 12.6 Å². The van der Waals surface area contributed by atoms with Crippen LogP contribution in [0.3, 0.4) is 0 Å². The van der Waals surface area contributed by atoms with E-state index in [9.17, 15) is 9.90 Å². The molecular formula is C11H11NO3. The highest BCUT2D eigenvalue weighted by atomic mass is 16.5. The number of nitrogens with one attached hydrogen (secondary N) is 1. The number of aromatic nitrogens is 1. The Hall–Kier alpha value is -1.97. The summed E-state index contributed by atoms with van der Waals surface area (Å²) in [5, 5.41) is 10.2. The summed E-state index contributed by atoms with van der Waals surface area (Å²) >= 11 is 0. The standard InChI is InChI=1S/C11H11NO3/c1-6-9(15-2)4-3-7-8(13)5-10(14)12-11(6)7/h3-5H,1-2H3,(H2,12,13,14). The van der Waals surface area contributed by atoms with E-state index in [0.29, 0.717) is 16.7 Å². The van der Waals surface area contributed by atoms with E-state index in [2.05, 4.69) is 4.98 Å². The van der Waals surface area contributed by atoms with Gasteiger partial charge in [-0.15, -0.1) is 0 Å². The second kappa shape index (κ2) is 3.31. The lowest BCUT2D eigenvalue weighted by atomic mass is 10.1. The van der Waals surface area contributed by atoms with E-state index >= 15 is 0 Å². The van der Waals surface area contributed by atoms with E-state index in [1.54, 1.807) is 19.2 Å². The molecule has 0 aliphatic carbocycles. The van der Waals surface area contributed by atoms with Gasteiger partial charge >= 0.3 is 0 Å². The molecule has 0 saturated heterocycles. The Labute approximate surface area is 86.1 Å². The Morgan fingerprint density at radius 2 is 2.13 bits per heavy atom. The van der Waals surface area contributed by atoms with Crippen molar-refractivity contribution in [1.82, 2.24) is 4.98 Å². The fraction of sp³-hybridized carbons (Fsp3) is 0.182. The van der Waals surface area contributed by atoms with E-state index in [4.69, 9.17) is 4.74 Å². The van der Waals surface area contributed by atoms with Gasteiger partial charge in [0, 0.05) is 17.0 Å². The first kappa shape index (κ1) is 9.58. The summed E-state index contributed by atoms with van der Waals surface area (Å²) < 4.78 is 5.13. The quantitative estimate of drug-likeness (QED) is 0.742. The van der Waals surface area contributed by atoms with Crippen LogP contribution in [0.4, 0.5) is 0 Å². The molecule has 15 heavy (non-hydrogen) atoms. The number of hydrogen-bond donors (Lipinski definition) is 2. The van der Waals surface area contributed by atoms with Crippen molar-refractivity contribution in [2.24, 2.45) is 0 Å². The number of rotatable bonds is 1. The molecule has 0 saturated carbocycles. The fourth-order valence-electron chi connectivity index (χ4n) is 1.65. The maximum atomic E-state index is 11.2. The molecule has 1 aromatic heterocycles. The summed E-state index contributed by atoms with van der Waals surface area (Å²) in [4.78, 5) is 13.9. The molecule has 0 radical (unpaired) electrons. The normalized spacial score (nSPS) is 10.5. The van der Waals surface area contributed by atoms with Gasteiger partial charge in [-0.05, 0) is 19.1 Å². The van der Waals surface area contributed by atoms with Crippen LogP contribution in [0.1, 0.15) is 5.56 Å². The third-order valence-corrected chi connectivity index (χ3v) is 2.43. The first-order valence-electron chi connectivity index (χ1n) is 4.53. The zero-order valence-electron chi connectivity index (χ0n) is 8.50. The summed E-state index contributed by atoms with van der Waals surface area (Å²) in [6, 6.07) is 4.64. The molecule has 4 heteroatoms. The Morgan fingerprint density at radius 1 is 1.40 bits per heavy atom. The molecule has 0 atom stereocenters. The largest absolute Gasteiger partial charge is 0.507 e. The molecular weight excluding hydrogens is 194 g/mol. The van der Waals surface area contributed by atoms with Crippen LogP contribution in [0.15, 0.2) is 23.0 Å². The predicted octanol–water partition coefficient (Wildman–Crippen LogP) is 1.55. The minimum Gasteiger partial charge on any atom is -0.507 e. The van der Waals surface area contributed by atoms with Crippen molar-refractivity contribution in [3.63, 3.8) is 0 Å². The summed E-state index contributed by atoms with van der Waals surface area (Å²) in [7, 11) is 1.56. The maximum Gasteiger partial charge on any atom is 0.252 e. The number of benzene rings is 1. The van der Waals surface area contributed by atoms with Crippen molar-refractivity contribution < 1.29 is 9.84 Å². The van der Waals surface area contributed by atoms with Gasteiger partial charge in [-0.3, -0.25) is 4.79 Å². The van der Waals surface area contributed by atoms with E-state index < -0.39 is 0 Å². The lowest BCUT2D eigenvalue weighted by Gasteiger charge is -2.08. The van der Waals surface area contributed by atoms with Crippen molar-refractivity contribution >= 4 is 10.9 Å². The van der Waals surface area contributed by atoms with Gasteiger partial charge in [0.25, 0.3) is 5.56 Å². The van der Waals surface area contributed by atoms with Crippen molar-refractivity contribution in [1.29, 1.82) is 0 Å². The molecule has 78 valence electrons. The minimum atomic E-state index is -0.323. The number of pyridine rings is 1. The van der Waals surface area contributed by atoms with E-state index in [1.807, 2.05) is 6.92 Å². The van der Waals surface area contributed by atoms with Gasteiger partial charge in [-0.1, -0.05) is 0 Å². The molecule has 2 rings (SSSR count). The van der Waals surface area contributed by atoms with Gasteiger partial charge in [-0.25, -0.2) is 0 Å². The minimum absolute atomic E-state index is 0.0143. The van der Waals surface area contributed by atoms with Crippen molar-refractivity contribution in [3.8, 4) is 11.5 Å². The Morgan fingerprint density at radius 3 is 2.80 bits per heavy atom. The zero-order chi connectivity index (χ0) is 11.0. The molecule has 0 aliphatic heterocycles. The first-order valence-corrected chi connectivity index (χ1v) is 4.53. The summed E-state index contributed by atoms with van der Waals surface area (Å²) in [6.45, 7) is 1.83. The fourth-order valence-corrected chi connectivity index (χ4v) is 1.65. The zero-order valence-corrected chi connectivity index (χ0v) is 8.50. The molecule has 0 unspecified atom stereocenters. The van der Waals surface area contributed by atoms with Crippen LogP contribution in [0.5, 0.6) is 11.5 Å². The Balaban J connectivity index is 2.92. The highest BCUT2D eigenvalue weighted by Gasteiger charge is 2.07. The molecule has 2 aromatic rings. The third-order valence-electron chi connectivity index (χ3n) is 2.43. The molecule has 4 nitrogen and oxygen atoms in total. The van der Waals surface area contributed by atoms with Gasteiger partial charge in [0.2, 0.25) is 0 Å². The van der Waals surface area contributed by atoms with Crippen LogP contribution in [-0.4, -0.2) is 17.2 Å². The van der Waals surface area contributed by atoms with Crippen LogP contribution >= 0.6 is 0 Å². The average molecular weight is 205 g/mol. The molecule has 0 spiro atoms. The number of hydrogen-bond acceptors (Lipinski definition) is 3. The lowest BCUT2D eigenvalue weighted by Crippen LogP contribution is -2.04. The summed E-state index contributed by atoms with van der Waals surface area (Å²) in [5.41, 5.74) is 1.10. The molecule has 0 amide bonds. The van der Waals surface area contributed by atoms with Gasteiger partial charge < -0.3 is 14.8 Å². The number of methoxy groups -OCH3 is 1. The topological polar surface area (TPSA) is 62.3 Å². The third kappa shape index (κ3) is 1.44. The maximum absolute atomic E-state index is 11.2. The highest BCUT2D eigenvalue weighted by molar-refractivity contribution is 5.88. The Kier molecular flexibility index (Phi) is 2.11. The average Bonchev–Trinajstić information content (AvgIpc) is 2.19. The number of ether oxygens (including phenoxy) is 1. The van der Waals surface area contributed by atoms with Crippen LogP contribution in [-0.2, 0) is 0 Å². The van der Waals surface area contributed by atoms with Crippen LogP contribution in [0.2, 0.25) is 0 Å². The van der Waals surface area contributed by atoms with E-state index in [1.165, 1.54) is 0 Å². The van der Waals surface area contributed by atoms with E-state index in [0.717, 1.165) is 11.6 Å². The number of fused-ring (bicyclic) bond motifs is 1. The van der Waals surface area contributed by atoms with Gasteiger partial charge in [0.1, 0.15) is 11.5 Å². The molecule has 0 fully saturated rings. The van der Waals surface area contributed by atoms with Crippen molar-refractivity contribution in [3.05, 3.63) is 34.1 Å². The summed E-state index contributed by atoms with van der Waals surface area (Å²) in [5.74, 6) is 0.670. The van der Waals surface area contributed by atoms with Crippen molar-refractivity contribution in [2.75, 3.05) is 7.11 Å². The lowest BCUT2D eigenvalue weighted by molar-refractivity contribution is 0.412. The second-order valence-electron chi connectivity index (χ2n) is 3.33. The van der Waals surface area contributed by atoms with Gasteiger partial charge in [0.15, 0.2) is 0 Å². The number of H-pyrrole nitrogens is 1. The van der Waals surface area contributed by atoms with Crippen LogP contribution in [0.25, 0.3) is 10.9 Å². The SMILES string of the molecule is COc1ccc2c(O)cc(=O)[nH]c2c1C. The highest BCUT2D eigenvalue weighted by Crippen LogP contribution is 2.29. The van der Waals surface area contributed by atoms with Crippen LogP contribution in [0, 0.1) is 6.92 Å². The molecule has 1 heterocycles. The number of aromatic hydroxyl groups is 1. The second-order valence-corrected chi connectivity index (χ2v) is 3.33. The van der Waals surface area contributed by atoms with Gasteiger partial charge in [-0.2, -0.15) is 0 Å². The number of aryl methyl sites for hydroxylation is 1. The molecule has 2 N–H and O–H groups in total. The monoisotopic (exact) mass is 205 g/mol.